The summed E-state index contributed by atoms with van der Waals surface area (Å²) in [6.45, 7) is 2.82. The summed E-state index contributed by atoms with van der Waals surface area (Å²) >= 11 is 17.4. The Labute approximate surface area is 108 Å². The van der Waals surface area contributed by atoms with Crippen LogP contribution in [-0.2, 0) is 4.79 Å². The minimum Gasteiger partial charge on any atom is -0.478 e. The van der Waals surface area contributed by atoms with E-state index in [9.17, 15) is 4.79 Å². The van der Waals surface area contributed by atoms with Gasteiger partial charge in [-0.05, 0) is 19.9 Å². The van der Waals surface area contributed by atoms with E-state index in [1.165, 1.54) is 26.0 Å². The molecular formula is C10H9Cl3O3. The van der Waals surface area contributed by atoms with Gasteiger partial charge in [-0.3, -0.25) is 0 Å². The molecule has 16 heavy (non-hydrogen) atoms. The van der Waals surface area contributed by atoms with Crippen molar-refractivity contribution >= 4 is 40.8 Å². The molecule has 0 unspecified atom stereocenters. The first kappa shape index (κ1) is 13.4. The van der Waals surface area contributed by atoms with E-state index in [0.29, 0.717) is 0 Å². The third kappa shape index (κ3) is 2.94. The van der Waals surface area contributed by atoms with Crippen molar-refractivity contribution in [3.8, 4) is 5.75 Å². The molecular weight excluding hydrogens is 274 g/mol. The lowest BCUT2D eigenvalue weighted by Crippen LogP contribution is -2.37. The van der Waals surface area contributed by atoms with Gasteiger partial charge in [0.25, 0.3) is 0 Å². The quantitative estimate of drug-likeness (QED) is 0.856. The van der Waals surface area contributed by atoms with E-state index in [1.54, 1.807) is 0 Å². The summed E-state index contributed by atoms with van der Waals surface area (Å²) < 4.78 is 5.26. The minimum atomic E-state index is -1.39. The van der Waals surface area contributed by atoms with Gasteiger partial charge < -0.3 is 9.84 Å². The summed E-state index contributed by atoms with van der Waals surface area (Å²) in [4.78, 5) is 10.9. The Morgan fingerprint density at radius 1 is 1.19 bits per heavy atom. The van der Waals surface area contributed by atoms with Crippen molar-refractivity contribution in [2.45, 2.75) is 19.4 Å². The smallest absolute Gasteiger partial charge is 0.347 e. The molecule has 0 aliphatic carbocycles. The van der Waals surface area contributed by atoms with E-state index >= 15 is 0 Å². The van der Waals surface area contributed by atoms with E-state index < -0.39 is 11.6 Å². The second kappa shape index (κ2) is 4.70. The first-order chi connectivity index (χ1) is 7.24. The minimum absolute atomic E-state index is 0.184. The highest BCUT2D eigenvalue weighted by molar-refractivity contribution is 6.43. The largest absolute Gasteiger partial charge is 0.478 e. The molecule has 0 aliphatic heterocycles. The maximum atomic E-state index is 10.9. The summed E-state index contributed by atoms with van der Waals surface area (Å²) in [7, 11) is 0. The van der Waals surface area contributed by atoms with Crippen molar-refractivity contribution in [3.63, 3.8) is 0 Å². The number of benzene rings is 1. The van der Waals surface area contributed by atoms with Gasteiger partial charge in [-0.1, -0.05) is 34.8 Å². The molecule has 3 nitrogen and oxygen atoms in total. The lowest BCUT2D eigenvalue weighted by atomic mass is 10.1. The molecule has 1 aromatic carbocycles. The fourth-order valence-corrected chi connectivity index (χ4v) is 1.48. The Bertz CT molecular complexity index is 430. The summed E-state index contributed by atoms with van der Waals surface area (Å²) in [5.74, 6) is -0.918. The average molecular weight is 284 g/mol. The molecule has 0 saturated carbocycles. The van der Waals surface area contributed by atoms with Crippen LogP contribution in [0.1, 0.15) is 13.8 Å². The van der Waals surface area contributed by atoms with Crippen molar-refractivity contribution in [1.82, 2.24) is 0 Å². The van der Waals surface area contributed by atoms with Crippen molar-refractivity contribution in [2.75, 3.05) is 0 Å². The molecule has 0 saturated heterocycles. The van der Waals surface area contributed by atoms with Gasteiger partial charge in [-0.25, -0.2) is 4.79 Å². The molecule has 88 valence electrons. The number of halogens is 3. The van der Waals surface area contributed by atoms with Gasteiger partial charge in [0.05, 0.1) is 15.1 Å². The predicted molar refractivity (Wildman–Crippen MR) is 63.8 cm³/mol. The fourth-order valence-electron chi connectivity index (χ4n) is 0.901. The second-order valence-corrected chi connectivity index (χ2v) is 4.84. The van der Waals surface area contributed by atoms with Crippen LogP contribution < -0.4 is 4.74 Å². The van der Waals surface area contributed by atoms with Crippen LogP contribution in [0, 0.1) is 0 Å². The number of ether oxygens (including phenoxy) is 1. The zero-order valence-corrected chi connectivity index (χ0v) is 10.8. The maximum Gasteiger partial charge on any atom is 0.347 e. The SMILES string of the molecule is CC(C)(Oc1cc(Cl)c(Cl)cc1Cl)C(=O)O. The third-order valence-corrected chi connectivity index (χ3v) is 2.87. The number of rotatable bonds is 3. The highest BCUT2D eigenvalue weighted by Crippen LogP contribution is 2.35. The van der Waals surface area contributed by atoms with Gasteiger partial charge in [0.15, 0.2) is 5.60 Å². The Kier molecular flexibility index (Phi) is 3.94. The van der Waals surface area contributed by atoms with Gasteiger partial charge in [0.1, 0.15) is 5.75 Å². The molecule has 6 heteroatoms. The highest BCUT2D eigenvalue weighted by atomic mass is 35.5. The Balaban J connectivity index is 3.07. The van der Waals surface area contributed by atoms with Crippen molar-refractivity contribution in [1.29, 1.82) is 0 Å². The molecule has 0 aromatic heterocycles. The van der Waals surface area contributed by atoms with Crippen molar-refractivity contribution < 1.29 is 14.6 Å². The number of carboxylic acids is 1. The van der Waals surface area contributed by atoms with Crippen LogP contribution in [0.2, 0.25) is 15.1 Å². The monoisotopic (exact) mass is 282 g/mol. The predicted octanol–water partition coefficient (Wildman–Crippen LogP) is 3.89. The van der Waals surface area contributed by atoms with Crippen LogP contribution in [0.15, 0.2) is 12.1 Å². The molecule has 0 fully saturated rings. The lowest BCUT2D eigenvalue weighted by molar-refractivity contribution is -0.152. The standard InChI is InChI=1S/C10H9Cl3O3/c1-10(2,9(14)15)16-8-4-6(12)5(11)3-7(8)13/h3-4H,1-2H3,(H,14,15). The van der Waals surface area contributed by atoms with Gasteiger partial charge in [0.2, 0.25) is 0 Å². The molecule has 1 N–H and O–H groups in total. The molecule has 0 heterocycles. The van der Waals surface area contributed by atoms with Crippen LogP contribution in [0.25, 0.3) is 0 Å². The normalized spacial score (nSPS) is 11.3. The number of hydrogen-bond donors (Lipinski definition) is 1. The van der Waals surface area contributed by atoms with Crippen LogP contribution >= 0.6 is 34.8 Å². The van der Waals surface area contributed by atoms with Gasteiger partial charge in [-0.2, -0.15) is 0 Å². The van der Waals surface area contributed by atoms with Gasteiger partial charge >= 0.3 is 5.97 Å². The van der Waals surface area contributed by atoms with E-state index in [0.717, 1.165) is 0 Å². The molecule has 0 radical (unpaired) electrons. The summed E-state index contributed by atoms with van der Waals surface area (Å²) in [5.41, 5.74) is -1.39. The van der Waals surface area contributed by atoms with E-state index in [2.05, 4.69) is 0 Å². The molecule has 0 amide bonds. The molecule has 1 rings (SSSR count). The molecule has 1 aromatic rings. The lowest BCUT2D eigenvalue weighted by Gasteiger charge is -2.22. The average Bonchev–Trinajstić information content (AvgIpc) is 2.13. The van der Waals surface area contributed by atoms with E-state index in [4.69, 9.17) is 44.6 Å². The zero-order chi connectivity index (χ0) is 12.5. The molecule has 0 aliphatic rings. The third-order valence-electron chi connectivity index (χ3n) is 1.85. The van der Waals surface area contributed by atoms with Crippen LogP contribution in [0.3, 0.4) is 0 Å². The Morgan fingerprint density at radius 3 is 2.19 bits per heavy atom. The second-order valence-electron chi connectivity index (χ2n) is 3.61. The Hall–Kier alpha value is -0.640. The van der Waals surface area contributed by atoms with Crippen LogP contribution in [0.4, 0.5) is 0 Å². The first-order valence-electron chi connectivity index (χ1n) is 4.31. The van der Waals surface area contributed by atoms with E-state index in [-0.39, 0.29) is 20.8 Å². The zero-order valence-electron chi connectivity index (χ0n) is 8.55. The van der Waals surface area contributed by atoms with Gasteiger partial charge in [-0.15, -0.1) is 0 Å². The van der Waals surface area contributed by atoms with Crippen LogP contribution in [0.5, 0.6) is 5.75 Å². The highest BCUT2D eigenvalue weighted by Gasteiger charge is 2.30. The Morgan fingerprint density at radius 2 is 1.69 bits per heavy atom. The number of carboxylic acid groups (broad SMARTS) is 1. The topological polar surface area (TPSA) is 46.5 Å². The molecule has 0 spiro atoms. The first-order valence-corrected chi connectivity index (χ1v) is 5.44. The number of carbonyl (C=O) groups is 1. The van der Waals surface area contributed by atoms with Crippen LogP contribution in [-0.4, -0.2) is 16.7 Å². The summed E-state index contributed by atoms with van der Waals surface area (Å²) in [6.07, 6.45) is 0. The summed E-state index contributed by atoms with van der Waals surface area (Å²) in [5, 5.41) is 9.64. The maximum absolute atomic E-state index is 10.9. The number of aliphatic carboxylic acids is 1. The van der Waals surface area contributed by atoms with E-state index in [1.807, 2.05) is 0 Å². The molecule has 0 atom stereocenters. The summed E-state index contributed by atoms with van der Waals surface area (Å²) in [6, 6.07) is 2.79. The van der Waals surface area contributed by atoms with Crippen molar-refractivity contribution in [3.05, 3.63) is 27.2 Å². The van der Waals surface area contributed by atoms with Gasteiger partial charge in [0, 0.05) is 6.07 Å². The fraction of sp³-hybridized carbons (Fsp3) is 0.300. The molecule has 0 bridgehead atoms. The number of hydrogen-bond acceptors (Lipinski definition) is 2. The van der Waals surface area contributed by atoms with Crippen molar-refractivity contribution in [2.24, 2.45) is 0 Å².